The van der Waals surface area contributed by atoms with E-state index in [4.69, 9.17) is 4.42 Å². The van der Waals surface area contributed by atoms with E-state index in [1.54, 1.807) is 0 Å². The zero-order chi connectivity index (χ0) is 29.3. The zero-order valence-electron chi connectivity index (χ0n) is 24.2. The van der Waals surface area contributed by atoms with Crippen molar-refractivity contribution in [2.24, 2.45) is 0 Å². The summed E-state index contributed by atoms with van der Waals surface area (Å²) in [6.07, 6.45) is 4.11. The largest absolute Gasteiger partial charge is 0.456 e. The molecule has 0 fully saturated rings. The SMILES string of the molecule is C1=Cc2c(oc3c(N(c4ccc(-c5ccccc5)cc4)c4ccccc4-c4ccc(-c5ccccc5)cc4)cccc23)CN1. The van der Waals surface area contributed by atoms with Gasteiger partial charge in [-0.15, -0.1) is 0 Å². The van der Waals surface area contributed by atoms with E-state index in [9.17, 15) is 0 Å². The lowest BCUT2D eigenvalue weighted by molar-refractivity contribution is 0.533. The number of nitrogens with zero attached hydrogens (tertiary/aromatic N) is 1. The molecule has 3 nitrogen and oxygen atoms in total. The topological polar surface area (TPSA) is 28.4 Å². The van der Waals surface area contributed by atoms with Gasteiger partial charge in [-0.2, -0.15) is 0 Å². The van der Waals surface area contributed by atoms with E-state index in [0.29, 0.717) is 6.54 Å². The van der Waals surface area contributed by atoms with Gasteiger partial charge in [-0.25, -0.2) is 0 Å². The van der Waals surface area contributed by atoms with Crippen molar-refractivity contribution in [2.45, 2.75) is 6.54 Å². The summed E-state index contributed by atoms with van der Waals surface area (Å²) in [7, 11) is 0. The van der Waals surface area contributed by atoms with Crippen LogP contribution in [0.5, 0.6) is 0 Å². The summed E-state index contributed by atoms with van der Waals surface area (Å²) >= 11 is 0. The van der Waals surface area contributed by atoms with Gasteiger partial charge in [0.15, 0.2) is 5.58 Å². The number of anilines is 3. The Morgan fingerprint density at radius 3 is 1.77 bits per heavy atom. The fourth-order valence-corrected chi connectivity index (χ4v) is 6.18. The third kappa shape index (κ3) is 4.65. The van der Waals surface area contributed by atoms with Gasteiger partial charge in [-0.3, -0.25) is 0 Å². The second-order valence-corrected chi connectivity index (χ2v) is 11.0. The Morgan fingerprint density at radius 1 is 0.500 bits per heavy atom. The molecule has 3 heteroatoms. The maximum atomic E-state index is 6.59. The number of fused-ring (bicyclic) bond motifs is 3. The summed E-state index contributed by atoms with van der Waals surface area (Å²) in [5.74, 6) is 0.958. The van der Waals surface area contributed by atoms with E-state index >= 15 is 0 Å². The van der Waals surface area contributed by atoms with Gasteiger partial charge >= 0.3 is 0 Å². The highest BCUT2D eigenvalue weighted by Gasteiger charge is 2.23. The van der Waals surface area contributed by atoms with Gasteiger partial charge in [-0.1, -0.05) is 127 Å². The molecule has 0 bridgehead atoms. The molecule has 0 atom stereocenters. The summed E-state index contributed by atoms with van der Waals surface area (Å²) in [6, 6.07) is 53.8. The summed E-state index contributed by atoms with van der Waals surface area (Å²) in [5, 5.41) is 4.41. The minimum absolute atomic E-state index is 0.677. The summed E-state index contributed by atoms with van der Waals surface area (Å²) < 4.78 is 6.59. The van der Waals surface area contributed by atoms with Gasteiger partial charge in [0.2, 0.25) is 0 Å². The summed E-state index contributed by atoms with van der Waals surface area (Å²) in [5.41, 5.74) is 12.3. The van der Waals surface area contributed by atoms with Crippen LogP contribution < -0.4 is 10.2 Å². The monoisotopic (exact) mass is 566 g/mol. The Balaban J connectivity index is 1.30. The normalized spacial score (nSPS) is 12.1. The van der Waals surface area contributed by atoms with E-state index in [2.05, 4.69) is 168 Å². The number of benzene rings is 6. The molecule has 210 valence electrons. The highest BCUT2D eigenvalue weighted by Crippen LogP contribution is 2.45. The van der Waals surface area contributed by atoms with Gasteiger partial charge in [0, 0.05) is 22.2 Å². The fourth-order valence-electron chi connectivity index (χ4n) is 6.18. The molecule has 8 rings (SSSR count). The van der Waals surface area contributed by atoms with Gasteiger partial charge in [0.05, 0.1) is 17.9 Å². The molecule has 44 heavy (non-hydrogen) atoms. The predicted molar refractivity (Wildman–Crippen MR) is 183 cm³/mol. The van der Waals surface area contributed by atoms with Crippen LogP contribution in [-0.2, 0) is 6.54 Å². The highest BCUT2D eigenvalue weighted by atomic mass is 16.3. The van der Waals surface area contributed by atoms with Crippen molar-refractivity contribution >= 4 is 34.1 Å². The van der Waals surface area contributed by atoms with Crippen molar-refractivity contribution in [3.8, 4) is 33.4 Å². The van der Waals surface area contributed by atoms with E-state index in [1.165, 1.54) is 22.3 Å². The van der Waals surface area contributed by atoms with Gasteiger partial charge in [0.25, 0.3) is 0 Å². The molecule has 1 aliphatic rings. The van der Waals surface area contributed by atoms with E-state index in [0.717, 1.165) is 50.5 Å². The molecule has 0 saturated heterocycles. The molecule has 1 N–H and O–H groups in total. The van der Waals surface area contributed by atoms with Crippen molar-refractivity contribution in [3.05, 3.63) is 169 Å². The Labute approximate surface area is 257 Å². The van der Waals surface area contributed by atoms with E-state index in [1.807, 2.05) is 6.20 Å². The molecule has 1 aliphatic heterocycles. The van der Waals surface area contributed by atoms with E-state index < -0.39 is 0 Å². The van der Waals surface area contributed by atoms with Crippen LogP contribution in [0.25, 0.3) is 50.4 Å². The van der Waals surface area contributed by atoms with Crippen molar-refractivity contribution < 1.29 is 4.42 Å². The molecule has 0 radical (unpaired) electrons. The average Bonchev–Trinajstić information content (AvgIpc) is 3.49. The predicted octanol–water partition coefficient (Wildman–Crippen LogP) is 11.0. The lowest BCUT2D eigenvalue weighted by atomic mass is 9.98. The number of furan rings is 1. The van der Waals surface area contributed by atoms with Gasteiger partial charge < -0.3 is 14.6 Å². The first-order valence-electron chi connectivity index (χ1n) is 15.0. The number of hydrogen-bond acceptors (Lipinski definition) is 3. The van der Waals surface area contributed by atoms with Crippen LogP contribution in [0.3, 0.4) is 0 Å². The van der Waals surface area contributed by atoms with E-state index in [-0.39, 0.29) is 0 Å². The van der Waals surface area contributed by atoms with Crippen molar-refractivity contribution in [2.75, 3.05) is 4.90 Å². The van der Waals surface area contributed by atoms with Crippen LogP contribution in [0, 0.1) is 0 Å². The zero-order valence-corrected chi connectivity index (χ0v) is 24.2. The molecule has 2 heterocycles. The van der Waals surface area contributed by atoms with Crippen molar-refractivity contribution in [3.63, 3.8) is 0 Å². The molecule has 0 amide bonds. The first kappa shape index (κ1) is 25.9. The molecule has 0 saturated carbocycles. The molecule has 0 aliphatic carbocycles. The molecular formula is C41H30N2O. The number of hydrogen-bond donors (Lipinski definition) is 1. The number of para-hydroxylation sites is 2. The Hall–Kier alpha value is -5.80. The number of rotatable bonds is 6. The molecule has 7 aromatic rings. The molecule has 6 aromatic carbocycles. The third-order valence-corrected chi connectivity index (χ3v) is 8.36. The minimum atomic E-state index is 0.677. The second kappa shape index (κ2) is 11.1. The van der Waals surface area contributed by atoms with Crippen LogP contribution in [0.2, 0.25) is 0 Å². The van der Waals surface area contributed by atoms with Gasteiger partial charge in [-0.05, 0) is 64.4 Å². The van der Waals surface area contributed by atoms with Crippen molar-refractivity contribution in [1.82, 2.24) is 5.32 Å². The summed E-state index contributed by atoms with van der Waals surface area (Å²) in [6.45, 7) is 0.677. The quantitative estimate of drug-likeness (QED) is 0.217. The first-order valence-corrected chi connectivity index (χ1v) is 15.0. The highest BCUT2D eigenvalue weighted by molar-refractivity contribution is 6.02. The Bertz CT molecular complexity index is 2090. The van der Waals surface area contributed by atoms with Crippen LogP contribution >= 0.6 is 0 Å². The van der Waals surface area contributed by atoms with Crippen LogP contribution in [0.1, 0.15) is 11.3 Å². The maximum absolute atomic E-state index is 6.59. The smallest absolute Gasteiger partial charge is 0.159 e. The lowest BCUT2D eigenvalue weighted by Gasteiger charge is -2.28. The molecule has 1 aromatic heterocycles. The van der Waals surface area contributed by atoms with Crippen LogP contribution in [-0.4, -0.2) is 0 Å². The maximum Gasteiger partial charge on any atom is 0.159 e. The molecular weight excluding hydrogens is 536 g/mol. The lowest BCUT2D eigenvalue weighted by Crippen LogP contribution is -2.11. The fraction of sp³-hybridized carbons (Fsp3) is 0.0244. The minimum Gasteiger partial charge on any atom is -0.456 e. The van der Waals surface area contributed by atoms with Gasteiger partial charge in [0.1, 0.15) is 5.76 Å². The number of nitrogens with one attached hydrogen (secondary N) is 1. The Kier molecular flexibility index (Phi) is 6.54. The van der Waals surface area contributed by atoms with Crippen LogP contribution in [0.15, 0.2) is 162 Å². The Morgan fingerprint density at radius 2 is 1.07 bits per heavy atom. The van der Waals surface area contributed by atoms with Crippen LogP contribution in [0.4, 0.5) is 17.1 Å². The average molecular weight is 567 g/mol. The molecule has 0 spiro atoms. The molecule has 0 unspecified atom stereocenters. The van der Waals surface area contributed by atoms with Crippen molar-refractivity contribution in [1.29, 1.82) is 0 Å². The first-order chi connectivity index (χ1) is 21.8. The second-order valence-electron chi connectivity index (χ2n) is 11.0. The summed E-state index contributed by atoms with van der Waals surface area (Å²) in [4.78, 5) is 2.34. The third-order valence-electron chi connectivity index (χ3n) is 8.36. The standard InChI is InChI=1S/C41H30N2O/c1-3-10-29(11-4-1)31-18-20-33(21-19-31)35-14-7-8-16-38(35)43(34-24-22-32(23-25-34)30-12-5-2-6-13-30)39-17-9-15-37-36-26-27-42-28-40(36)44-41(37)39/h1-27,42H,28H2.